The van der Waals surface area contributed by atoms with Crippen LogP contribution >= 0.6 is 11.6 Å². The molecule has 0 bridgehead atoms. The van der Waals surface area contributed by atoms with Crippen molar-refractivity contribution in [3.8, 4) is 0 Å². The van der Waals surface area contributed by atoms with Crippen LogP contribution in [-0.4, -0.2) is 10.7 Å². The van der Waals surface area contributed by atoms with Gasteiger partial charge in [-0.1, -0.05) is 31.5 Å². The molecule has 1 N–H and O–H groups in total. The van der Waals surface area contributed by atoms with Crippen LogP contribution in [0.25, 0.3) is 0 Å². The minimum absolute atomic E-state index is 0.158. The van der Waals surface area contributed by atoms with Crippen LogP contribution in [0.5, 0.6) is 0 Å². The SMILES string of the molecule is CC(C)c1cc(Cl)c(F)c(CC2(O)CC2)c1. The van der Waals surface area contributed by atoms with E-state index in [1.165, 1.54) is 0 Å². The zero-order valence-corrected chi connectivity index (χ0v) is 10.3. The molecule has 0 aromatic heterocycles. The smallest absolute Gasteiger partial charge is 0.145 e. The molecule has 0 atom stereocenters. The number of halogens is 2. The quantitative estimate of drug-likeness (QED) is 0.858. The van der Waals surface area contributed by atoms with Gasteiger partial charge in [-0.3, -0.25) is 0 Å². The first-order chi connectivity index (χ1) is 7.41. The molecule has 1 aliphatic carbocycles. The third-order valence-electron chi connectivity index (χ3n) is 3.14. The first kappa shape index (κ1) is 11.9. The first-order valence-corrected chi connectivity index (χ1v) is 5.99. The van der Waals surface area contributed by atoms with Gasteiger partial charge in [-0.2, -0.15) is 0 Å². The lowest BCUT2D eigenvalue weighted by atomic mass is 9.97. The summed E-state index contributed by atoms with van der Waals surface area (Å²) in [7, 11) is 0. The average molecular weight is 243 g/mol. The zero-order chi connectivity index (χ0) is 11.9. The monoisotopic (exact) mass is 242 g/mol. The van der Waals surface area contributed by atoms with Gasteiger partial charge in [0.15, 0.2) is 0 Å². The van der Waals surface area contributed by atoms with Gasteiger partial charge in [0, 0.05) is 6.42 Å². The van der Waals surface area contributed by atoms with E-state index in [1.807, 2.05) is 19.9 Å². The second kappa shape index (κ2) is 4.01. The molecule has 1 aromatic rings. The maximum absolute atomic E-state index is 13.8. The lowest BCUT2D eigenvalue weighted by molar-refractivity contribution is 0.149. The van der Waals surface area contributed by atoms with Crippen LogP contribution in [0.15, 0.2) is 12.1 Å². The van der Waals surface area contributed by atoms with Crippen molar-refractivity contribution >= 4 is 11.6 Å². The van der Waals surface area contributed by atoms with Crippen molar-refractivity contribution in [3.63, 3.8) is 0 Å². The van der Waals surface area contributed by atoms with Crippen molar-refractivity contribution in [1.82, 2.24) is 0 Å². The van der Waals surface area contributed by atoms with Crippen molar-refractivity contribution in [2.45, 2.75) is 44.6 Å². The van der Waals surface area contributed by atoms with E-state index in [2.05, 4.69) is 0 Å². The molecule has 0 aliphatic heterocycles. The van der Waals surface area contributed by atoms with Crippen molar-refractivity contribution in [2.24, 2.45) is 0 Å². The zero-order valence-electron chi connectivity index (χ0n) is 9.56. The van der Waals surface area contributed by atoms with Crippen LogP contribution in [0.1, 0.15) is 43.7 Å². The number of aliphatic hydroxyl groups is 1. The Morgan fingerprint density at radius 2 is 2.06 bits per heavy atom. The van der Waals surface area contributed by atoms with Crippen LogP contribution in [-0.2, 0) is 6.42 Å². The normalized spacial score (nSPS) is 17.9. The number of rotatable bonds is 3. The molecule has 0 amide bonds. The van der Waals surface area contributed by atoms with Crippen LogP contribution in [0, 0.1) is 5.82 Å². The van der Waals surface area contributed by atoms with E-state index in [1.54, 1.807) is 6.07 Å². The minimum atomic E-state index is -0.681. The predicted octanol–water partition coefficient (Wildman–Crippen LogP) is 3.67. The molecular formula is C13H16ClFO. The molecular weight excluding hydrogens is 227 g/mol. The lowest BCUT2D eigenvalue weighted by Crippen LogP contribution is -2.12. The summed E-state index contributed by atoms with van der Waals surface area (Å²) in [6.45, 7) is 4.08. The van der Waals surface area contributed by atoms with E-state index in [9.17, 15) is 9.50 Å². The summed E-state index contributed by atoms with van der Waals surface area (Å²) in [4.78, 5) is 0. The molecule has 0 saturated heterocycles. The molecule has 1 nitrogen and oxygen atoms in total. The molecule has 0 radical (unpaired) electrons. The van der Waals surface area contributed by atoms with Gasteiger partial charge in [-0.15, -0.1) is 0 Å². The second-order valence-corrected chi connectivity index (χ2v) is 5.44. The van der Waals surface area contributed by atoms with Crippen LogP contribution < -0.4 is 0 Å². The fourth-order valence-corrected chi connectivity index (χ4v) is 2.05. The molecule has 1 aliphatic rings. The highest BCUT2D eigenvalue weighted by molar-refractivity contribution is 6.30. The highest BCUT2D eigenvalue weighted by Crippen LogP contribution is 2.39. The van der Waals surface area contributed by atoms with Crippen molar-refractivity contribution in [2.75, 3.05) is 0 Å². The highest BCUT2D eigenvalue weighted by Gasteiger charge is 2.41. The van der Waals surface area contributed by atoms with E-state index in [-0.39, 0.29) is 10.8 Å². The molecule has 1 aromatic carbocycles. The van der Waals surface area contributed by atoms with Crippen molar-refractivity contribution < 1.29 is 9.50 Å². The van der Waals surface area contributed by atoms with Gasteiger partial charge in [-0.25, -0.2) is 4.39 Å². The third kappa shape index (κ3) is 2.38. The van der Waals surface area contributed by atoms with Crippen LogP contribution in [0.2, 0.25) is 5.02 Å². The Hall–Kier alpha value is -0.600. The second-order valence-electron chi connectivity index (χ2n) is 5.03. The number of hydrogen-bond donors (Lipinski definition) is 1. The summed E-state index contributed by atoms with van der Waals surface area (Å²) in [5.41, 5.74) is 0.876. The Morgan fingerprint density at radius 3 is 2.56 bits per heavy atom. The maximum atomic E-state index is 13.8. The Kier molecular flexibility index (Phi) is 2.97. The summed E-state index contributed by atoms with van der Waals surface area (Å²) < 4.78 is 13.8. The van der Waals surface area contributed by atoms with E-state index in [0.717, 1.165) is 18.4 Å². The molecule has 2 rings (SSSR count). The number of hydrogen-bond acceptors (Lipinski definition) is 1. The maximum Gasteiger partial charge on any atom is 0.145 e. The molecule has 16 heavy (non-hydrogen) atoms. The van der Waals surface area contributed by atoms with Gasteiger partial charge in [-0.05, 0) is 36.0 Å². The van der Waals surface area contributed by atoms with Gasteiger partial charge < -0.3 is 5.11 Å². The predicted molar refractivity (Wildman–Crippen MR) is 63.4 cm³/mol. The van der Waals surface area contributed by atoms with Crippen LogP contribution in [0.4, 0.5) is 4.39 Å². The van der Waals surface area contributed by atoms with Gasteiger partial charge >= 0.3 is 0 Å². The van der Waals surface area contributed by atoms with Gasteiger partial charge in [0.2, 0.25) is 0 Å². The highest BCUT2D eigenvalue weighted by atomic mass is 35.5. The Labute approximate surface area is 100 Å². The number of benzene rings is 1. The lowest BCUT2D eigenvalue weighted by Gasteiger charge is -2.13. The van der Waals surface area contributed by atoms with E-state index < -0.39 is 5.60 Å². The topological polar surface area (TPSA) is 20.2 Å². The molecule has 0 heterocycles. The summed E-state index contributed by atoms with van der Waals surface area (Å²) in [6, 6.07) is 3.49. The fraction of sp³-hybridized carbons (Fsp3) is 0.538. The van der Waals surface area contributed by atoms with Crippen molar-refractivity contribution in [1.29, 1.82) is 0 Å². The van der Waals surface area contributed by atoms with Gasteiger partial charge in [0.05, 0.1) is 10.6 Å². The molecule has 1 saturated carbocycles. The molecule has 0 spiro atoms. The van der Waals surface area contributed by atoms with Gasteiger partial charge in [0.25, 0.3) is 0 Å². The summed E-state index contributed by atoms with van der Waals surface area (Å²) in [5.74, 6) is -0.0721. The fourth-order valence-electron chi connectivity index (χ4n) is 1.81. The first-order valence-electron chi connectivity index (χ1n) is 5.61. The van der Waals surface area contributed by atoms with E-state index in [4.69, 9.17) is 11.6 Å². The van der Waals surface area contributed by atoms with E-state index >= 15 is 0 Å². The molecule has 3 heteroatoms. The minimum Gasteiger partial charge on any atom is -0.390 e. The van der Waals surface area contributed by atoms with Crippen LogP contribution in [0.3, 0.4) is 0 Å². The molecule has 0 unspecified atom stereocenters. The summed E-state index contributed by atoms with van der Waals surface area (Å²) in [6.07, 6.45) is 1.89. The van der Waals surface area contributed by atoms with E-state index in [0.29, 0.717) is 17.9 Å². The Balaban J connectivity index is 2.34. The average Bonchev–Trinajstić information content (AvgIpc) is 2.91. The molecule has 1 fully saturated rings. The van der Waals surface area contributed by atoms with Gasteiger partial charge in [0.1, 0.15) is 5.82 Å². The third-order valence-corrected chi connectivity index (χ3v) is 3.41. The Morgan fingerprint density at radius 1 is 1.44 bits per heavy atom. The largest absolute Gasteiger partial charge is 0.390 e. The van der Waals surface area contributed by atoms with Crippen molar-refractivity contribution in [3.05, 3.63) is 34.1 Å². The standard InChI is InChI=1S/C13H16ClFO/c1-8(2)9-5-10(7-13(16)3-4-13)12(15)11(14)6-9/h5-6,8,16H,3-4,7H2,1-2H3. The summed E-state index contributed by atoms with van der Waals surface area (Å²) in [5, 5.41) is 9.98. The Bertz CT molecular complexity index is 411. The molecule has 88 valence electrons. The summed E-state index contributed by atoms with van der Waals surface area (Å²) >= 11 is 5.86.